The fraction of sp³-hybridized carbons (Fsp3) is 0.250. The predicted molar refractivity (Wildman–Crippen MR) is 73.8 cm³/mol. The largest absolute Gasteiger partial charge is 0.480 e. The molecule has 8 heteroatoms. The fourth-order valence-corrected chi connectivity index (χ4v) is 1.63. The van der Waals surface area contributed by atoms with E-state index in [2.05, 4.69) is 10.6 Å². The van der Waals surface area contributed by atoms with Gasteiger partial charge in [-0.1, -0.05) is 29.3 Å². The molecular formula is C12H12Cl2N2O4. The first-order valence-electron chi connectivity index (χ1n) is 5.57. The first kappa shape index (κ1) is 16.3. The van der Waals surface area contributed by atoms with Crippen LogP contribution in [0.3, 0.4) is 0 Å². The number of benzene rings is 1. The molecule has 6 nitrogen and oxygen atoms in total. The van der Waals surface area contributed by atoms with Gasteiger partial charge in [-0.3, -0.25) is 14.4 Å². The number of nitrogens with one attached hydrogen (secondary N) is 2. The van der Waals surface area contributed by atoms with Gasteiger partial charge in [-0.05, 0) is 17.7 Å². The summed E-state index contributed by atoms with van der Waals surface area (Å²) in [7, 11) is 0. The molecule has 0 bridgehead atoms. The van der Waals surface area contributed by atoms with E-state index in [0.29, 0.717) is 15.6 Å². The normalized spacial score (nSPS) is 9.90. The number of amides is 2. The van der Waals surface area contributed by atoms with Crippen LogP contribution < -0.4 is 10.6 Å². The van der Waals surface area contributed by atoms with Crippen molar-refractivity contribution < 1.29 is 19.5 Å². The van der Waals surface area contributed by atoms with Gasteiger partial charge in [-0.2, -0.15) is 0 Å². The molecule has 108 valence electrons. The molecule has 0 saturated carbocycles. The van der Waals surface area contributed by atoms with Crippen LogP contribution in [-0.2, 0) is 20.8 Å². The molecule has 0 aliphatic rings. The van der Waals surface area contributed by atoms with Crippen molar-refractivity contribution in [3.05, 3.63) is 33.8 Å². The number of carboxylic acids is 1. The maximum absolute atomic E-state index is 11.6. The summed E-state index contributed by atoms with van der Waals surface area (Å²) in [5.41, 5.74) is 0.655. The average molecular weight is 319 g/mol. The molecule has 0 radical (unpaired) electrons. The third-order valence-electron chi connectivity index (χ3n) is 2.23. The van der Waals surface area contributed by atoms with E-state index < -0.39 is 18.4 Å². The van der Waals surface area contributed by atoms with Crippen molar-refractivity contribution in [3.8, 4) is 0 Å². The summed E-state index contributed by atoms with van der Waals surface area (Å²) in [5, 5.41) is 13.6. The van der Waals surface area contributed by atoms with Crippen LogP contribution in [0.25, 0.3) is 0 Å². The van der Waals surface area contributed by atoms with Gasteiger partial charge in [-0.25, -0.2) is 0 Å². The summed E-state index contributed by atoms with van der Waals surface area (Å²) in [4.78, 5) is 33.0. The Hall–Kier alpha value is -1.79. The standard InChI is InChI=1S/C12H12Cl2N2O4/c13-8-2-1-7(3-9(8)14)4-10(17)15-5-11(18)16-6-12(19)20/h1-3H,4-6H2,(H,15,17)(H,16,18)(H,19,20). The zero-order valence-electron chi connectivity index (χ0n) is 10.3. The summed E-state index contributed by atoms with van der Waals surface area (Å²) < 4.78 is 0. The zero-order chi connectivity index (χ0) is 15.1. The van der Waals surface area contributed by atoms with E-state index in [1.165, 1.54) is 0 Å². The van der Waals surface area contributed by atoms with Crippen LogP contribution in [0.1, 0.15) is 5.56 Å². The second-order valence-electron chi connectivity index (χ2n) is 3.87. The lowest BCUT2D eigenvalue weighted by atomic mass is 10.1. The first-order chi connectivity index (χ1) is 9.38. The predicted octanol–water partition coefficient (Wildman–Crippen LogP) is 0.853. The summed E-state index contributed by atoms with van der Waals surface area (Å²) in [5.74, 6) is -2.11. The Labute approximate surface area is 125 Å². The highest BCUT2D eigenvalue weighted by molar-refractivity contribution is 6.42. The molecule has 0 aliphatic heterocycles. The topological polar surface area (TPSA) is 95.5 Å². The van der Waals surface area contributed by atoms with Crippen LogP contribution in [0.5, 0.6) is 0 Å². The molecule has 0 heterocycles. The quantitative estimate of drug-likeness (QED) is 0.724. The Morgan fingerprint density at radius 3 is 2.25 bits per heavy atom. The molecule has 1 rings (SSSR count). The zero-order valence-corrected chi connectivity index (χ0v) is 11.8. The van der Waals surface area contributed by atoms with Gasteiger partial charge in [-0.15, -0.1) is 0 Å². The van der Waals surface area contributed by atoms with Gasteiger partial charge in [0.1, 0.15) is 6.54 Å². The molecule has 2 amide bonds. The number of carbonyl (C=O) groups excluding carboxylic acids is 2. The molecule has 0 aliphatic carbocycles. The van der Waals surface area contributed by atoms with E-state index in [1.807, 2.05) is 0 Å². The van der Waals surface area contributed by atoms with Crippen LogP contribution in [0.15, 0.2) is 18.2 Å². The van der Waals surface area contributed by atoms with Crippen LogP contribution in [0.4, 0.5) is 0 Å². The van der Waals surface area contributed by atoms with Gasteiger partial charge in [0.2, 0.25) is 11.8 Å². The monoisotopic (exact) mass is 318 g/mol. The number of carboxylic acid groups (broad SMARTS) is 1. The minimum atomic E-state index is -1.15. The molecule has 0 aromatic heterocycles. The van der Waals surface area contributed by atoms with Crippen molar-refractivity contribution in [1.29, 1.82) is 0 Å². The van der Waals surface area contributed by atoms with Gasteiger partial charge in [0.25, 0.3) is 0 Å². The molecule has 0 atom stereocenters. The van der Waals surface area contributed by atoms with E-state index >= 15 is 0 Å². The van der Waals surface area contributed by atoms with Crippen molar-refractivity contribution >= 4 is 41.0 Å². The SMILES string of the molecule is O=C(O)CNC(=O)CNC(=O)Cc1ccc(Cl)c(Cl)c1. The number of hydrogen-bond acceptors (Lipinski definition) is 3. The van der Waals surface area contributed by atoms with Crippen molar-refractivity contribution in [3.63, 3.8) is 0 Å². The van der Waals surface area contributed by atoms with E-state index in [0.717, 1.165) is 0 Å². The number of aliphatic carboxylic acids is 1. The van der Waals surface area contributed by atoms with Crippen LogP contribution >= 0.6 is 23.2 Å². The third-order valence-corrected chi connectivity index (χ3v) is 2.97. The minimum Gasteiger partial charge on any atom is -0.480 e. The molecule has 1 aromatic carbocycles. The molecule has 0 fully saturated rings. The molecule has 20 heavy (non-hydrogen) atoms. The molecule has 0 spiro atoms. The maximum atomic E-state index is 11.6. The number of hydrogen-bond donors (Lipinski definition) is 3. The highest BCUT2D eigenvalue weighted by Crippen LogP contribution is 2.22. The summed E-state index contributed by atoms with van der Waals surface area (Å²) >= 11 is 11.6. The van der Waals surface area contributed by atoms with Gasteiger partial charge >= 0.3 is 5.97 Å². The van der Waals surface area contributed by atoms with Crippen LogP contribution in [-0.4, -0.2) is 36.0 Å². The van der Waals surface area contributed by atoms with Gasteiger partial charge in [0.15, 0.2) is 0 Å². The highest BCUT2D eigenvalue weighted by atomic mass is 35.5. The number of halogens is 2. The lowest BCUT2D eigenvalue weighted by Gasteiger charge is -2.06. The van der Waals surface area contributed by atoms with E-state index in [-0.39, 0.29) is 18.9 Å². The number of carbonyl (C=O) groups is 3. The van der Waals surface area contributed by atoms with Gasteiger partial charge < -0.3 is 15.7 Å². The molecule has 1 aromatic rings. The molecule has 0 saturated heterocycles. The smallest absolute Gasteiger partial charge is 0.322 e. The van der Waals surface area contributed by atoms with Crippen molar-refractivity contribution in [2.75, 3.05) is 13.1 Å². The van der Waals surface area contributed by atoms with Crippen molar-refractivity contribution in [2.24, 2.45) is 0 Å². The second kappa shape index (κ2) is 7.72. The average Bonchev–Trinajstić information content (AvgIpc) is 2.38. The van der Waals surface area contributed by atoms with Crippen molar-refractivity contribution in [1.82, 2.24) is 10.6 Å². The molecule has 0 unspecified atom stereocenters. The molecule has 3 N–H and O–H groups in total. The van der Waals surface area contributed by atoms with E-state index in [1.54, 1.807) is 18.2 Å². The summed E-state index contributed by atoms with van der Waals surface area (Å²) in [6.45, 7) is -0.769. The Kier molecular flexibility index (Phi) is 6.27. The third kappa shape index (κ3) is 5.90. The minimum absolute atomic E-state index is 0.0447. The van der Waals surface area contributed by atoms with Crippen LogP contribution in [0, 0.1) is 0 Å². The van der Waals surface area contributed by atoms with Gasteiger partial charge in [0, 0.05) is 0 Å². The summed E-state index contributed by atoms with van der Waals surface area (Å²) in [6.07, 6.45) is 0.0447. The lowest BCUT2D eigenvalue weighted by molar-refractivity contribution is -0.137. The van der Waals surface area contributed by atoms with Crippen LogP contribution in [0.2, 0.25) is 10.0 Å². The second-order valence-corrected chi connectivity index (χ2v) is 4.69. The fourth-order valence-electron chi connectivity index (χ4n) is 1.31. The lowest BCUT2D eigenvalue weighted by Crippen LogP contribution is -2.39. The first-order valence-corrected chi connectivity index (χ1v) is 6.33. The molecular weight excluding hydrogens is 307 g/mol. The van der Waals surface area contributed by atoms with Crippen molar-refractivity contribution in [2.45, 2.75) is 6.42 Å². The van der Waals surface area contributed by atoms with E-state index in [4.69, 9.17) is 28.3 Å². The Bertz CT molecular complexity index is 534. The summed E-state index contributed by atoms with van der Waals surface area (Å²) in [6, 6.07) is 4.79. The van der Waals surface area contributed by atoms with Gasteiger partial charge in [0.05, 0.1) is 23.0 Å². The maximum Gasteiger partial charge on any atom is 0.322 e. The van der Waals surface area contributed by atoms with E-state index in [9.17, 15) is 14.4 Å². The Morgan fingerprint density at radius 1 is 1.00 bits per heavy atom. The highest BCUT2D eigenvalue weighted by Gasteiger charge is 2.08. The Morgan fingerprint density at radius 2 is 1.65 bits per heavy atom. The Balaban J connectivity index is 2.38. The number of rotatable bonds is 6.